The van der Waals surface area contributed by atoms with Crippen LogP contribution in [0.5, 0.6) is 0 Å². The van der Waals surface area contributed by atoms with Crippen LogP contribution in [-0.4, -0.2) is 12.0 Å². The Balaban J connectivity index is 2.58. The monoisotopic (exact) mass is 230 g/mol. The summed E-state index contributed by atoms with van der Waals surface area (Å²) in [5.74, 6) is 0.603. The summed E-state index contributed by atoms with van der Waals surface area (Å²) in [6.45, 7) is 0.572. The predicted molar refractivity (Wildman–Crippen MR) is 56.8 cm³/mol. The first kappa shape index (κ1) is 9.77. The minimum absolute atomic E-state index is 0.513. The maximum absolute atomic E-state index is 5.95. The van der Waals surface area contributed by atoms with Crippen LogP contribution >= 0.6 is 23.2 Å². The molecule has 0 unspecified atom stereocenters. The van der Waals surface area contributed by atoms with Gasteiger partial charge in [0.1, 0.15) is 5.52 Å². The molecule has 0 saturated heterocycles. The molecular weight excluding hydrogens is 223 g/mol. The molecule has 0 aliphatic carbocycles. The van der Waals surface area contributed by atoms with Crippen LogP contribution in [0.2, 0.25) is 10.0 Å². The summed E-state index contributed by atoms with van der Waals surface area (Å²) in [7, 11) is 1.82. The molecule has 0 radical (unpaired) electrons. The second-order valence-electron chi connectivity index (χ2n) is 2.87. The third kappa shape index (κ3) is 1.71. The molecule has 1 N–H and O–H groups in total. The molecule has 74 valence electrons. The Bertz CT molecular complexity index is 467. The first-order valence-corrected chi connectivity index (χ1v) is 4.85. The highest BCUT2D eigenvalue weighted by Crippen LogP contribution is 2.27. The van der Waals surface area contributed by atoms with Crippen LogP contribution in [0.25, 0.3) is 11.1 Å². The average molecular weight is 231 g/mol. The number of halogens is 2. The van der Waals surface area contributed by atoms with E-state index in [0.29, 0.717) is 33.6 Å². The standard InChI is InChI=1S/C9H8Cl2N2O/c1-12-4-8-13-9-6(11)2-5(10)3-7(9)14-8/h2-3,12H,4H2,1H3. The van der Waals surface area contributed by atoms with Gasteiger partial charge in [0.15, 0.2) is 5.58 Å². The molecule has 0 atom stereocenters. The molecule has 0 fully saturated rings. The number of nitrogens with one attached hydrogen (secondary N) is 1. The summed E-state index contributed by atoms with van der Waals surface area (Å²) >= 11 is 11.8. The van der Waals surface area contributed by atoms with E-state index in [4.69, 9.17) is 27.6 Å². The number of oxazole rings is 1. The Morgan fingerprint density at radius 2 is 2.21 bits per heavy atom. The number of nitrogens with zero attached hydrogens (tertiary/aromatic N) is 1. The molecule has 0 saturated carbocycles. The van der Waals surface area contributed by atoms with Crippen LogP contribution in [0.15, 0.2) is 16.5 Å². The fourth-order valence-electron chi connectivity index (χ4n) is 1.23. The topological polar surface area (TPSA) is 38.1 Å². The van der Waals surface area contributed by atoms with E-state index in [0.717, 1.165) is 0 Å². The maximum Gasteiger partial charge on any atom is 0.209 e. The van der Waals surface area contributed by atoms with E-state index in [1.165, 1.54) is 0 Å². The molecule has 14 heavy (non-hydrogen) atoms. The average Bonchev–Trinajstić information content (AvgIpc) is 2.48. The maximum atomic E-state index is 5.95. The SMILES string of the molecule is CNCc1nc2c(Cl)cc(Cl)cc2o1. The molecule has 0 bridgehead atoms. The number of fused-ring (bicyclic) bond motifs is 1. The van der Waals surface area contributed by atoms with E-state index in [1.807, 2.05) is 7.05 Å². The van der Waals surface area contributed by atoms with Gasteiger partial charge in [0, 0.05) is 11.1 Å². The predicted octanol–water partition coefficient (Wildman–Crippen LogP) is 2.85. The number of hydrogen-bond acceptors (Lipinski definition) is 3. The minimum Gasteiger partial charge on any atom is -0.439 e. The Morgan fingerprint density at radius 3 is 2.93 bits per heavy atom. The van der Waals surface area contributed by atoms with Gasteiger partial charge < -0.3 is 9.73 Å². The Kier molecular flexibility index (Phi) is 2.63. The Morgan fingerprint density at radius 1 is 1.43 bits per heavy atom. The van der Waals surface area contributed by atoms with E-state index in [-0.39, 0.29) is 0 Å². The van der Waals surface area contributed by atoms with Crippen molar-refractivity contribution in [1.82, 2.24) is 10.3 Å². The number of benzene rings is 1. The van der Waals surface area contributed by atoms with Crippen molar-refractivity contribution in [3.05, 3.63) is 28.1 Å². The molecule has 1 aromatic carbocycles. The molecule has 0 amide bonds. The Labute approximate surface area is 91.0 Å². The highest BCUT2D eigenvalue weighted by atomic mass is 35.5. The van der Waals surface area contributed by atoms with Gasteiger partial charge in [-0.1, -0.05) is 23.2 Å². The van der Waals surface area contributed by atoms with E-state index < -0.39 is 0 Å². The van der Waals surface area contributed by atoms with Gasteiger partial charge in [-0.05, 0) is 13.1 Å². The van der Waals surface area contributed by atoms with Crippen molar-refractivity contribution in [2.75, 3.05) is 7.05 Å². The van der Waals surface area contributed by atoms with Crippen LogP contribution in [0, 0.1) is 0 Å². The molecule has 1 heterocycles. The Hall–Kier alpha value is -0.770. The zero-order valence-corrected chi connectivity index (χ0v) is 8.99. The largest absolute Gasteiger partial charge is 0.439 e. The van der Waals surface area contributed by atoms with Crippen molar-refractivity contribution in [1.29, 1.82) is 0 Å². The van der Waals surface area contributed by atoms with Crippen molar-refractivity contribution >= 4 is 34.3 Å². The molecule has 0 aliphatic heterocycles. The lowest BCUT2D eigenvalue weighted by molar-refractivity contribution is 0.511. The summed E-state index contributed by atoms with van der Waals surface area (Å²) in [5, 5.41) is 4.01. The van der Waals surface area contributed by atoms with Gasteiger partial charge in [0.2, 0.25) is 5.89 Å². The van der Waals surface area contributed by atoms with Gasteiger partial charge in [0.05, 0.1) is 11.6 Å². The van der Waals surface area contributed by atoms with Gasteiger partial charge in [-0.25, -0.2) is 4.98 Å². The first-order chi connectivity index (χ1) is 6.70. The lowest BCUT2D eigenvalue weighted by atomic mass is 10.3. The van der Waals surface area contributed by atoms with Crippen molar-refractivity contribution in [3.8, 4) is 0 Å². The molecule has 1 aromatic heterocycles. The van der Waals surface area contributed by atoms with E-state index in [2.05, 4.69) is 10.3 Å². The fraction of sp³-hybridized carbons (Fsp3) is 0.222. The third-order valence-electron chi connectivity index (χ3n) is 1.79. The van der Waals surface area contributed by atoms with Crippen molar-refractivity contribution < 1.29 is 4.42 Å². The first-order valence-electron chi connectivity index (χ1n) is 4.10. The summed E-state index contributed by atoms with van der Waals surface area (Å²) in [6, 6.07) is 3.35. The smallest absolute Gasteiger partial charge is 0.209 e. The zero-order valence-electron chi connectivity index (χ0n) is 7.47. The van der Waals surface area contributed by atoms with Crippen molar-refractivity contribution in [2.24, 2.45) is 0 Å². The van der Waals surface area contributed by atoms with Crippen molar-refractivity contribution in [2.45, 2.75) is 6.54 Å². The molecule has 3 nitrogen and oxygen atoms in total. The van der Waals surface area contributed by atoms with E-state index in [1.54, 1.807) is 12.1 Å². The van der Waals surface area contributed by atoms with Gasteiger partial charge >= 0.3 is 0 Å². The van der Waals surface area contributed by atoms with Crippen molar-refractivity contribution in [3.63, 3.8) is 0 Å². The van der Waals surface area contributed by atoms with Gasteiger partial charge in [-0.15, -0.1) is 0 Å². The molecule has 2 aromatic rings. The fourth-order valence-corrected chi connectivity index (χ4v) is 1.75. The molecular formula is C9H8Cl2N2O. The van der Waals surface area contributed by atoms with Crippen LogP contribution in [-0.2, 0) is 6.54 Å². The second kappa shape index (κ2) is 3.77. The van der Waals surface area contributed by atoms with E-state index in [9.17, 15) is 0 Å². The molecule has 2 rings (SSSR count). The number of rotatable bonds is 2. The normalized spacial score (nSPS) is 11.1. The second-order valence-corrected chi connectivity index (χ2v) is 3.72. The summed E-state index contributed by atoms with van der Waals surface area (Å²) < 4.78 is 5.43. The van der Waals surface area contributed by atoms with E-state index >= 15 is 0 Å². The lowest BCUT2D eigenvalue weighted by Gasteiger charge is -1.91. The number of hydrogen-bond donors (Lipinski definition) is 1. The van der Waals surface area contributed by atoms with Crippen LogP contribution in [0.4, 0.5) is 0 Å². The van der Waals surface area contributed by atoms with Gasteiger partial charge in [-0.2, -0.15) is 0 Å². The molecule has 0 spiro atoms. The summed E-state index contributed by atoms with van der Waals surface area (Å²) in [4.78, 5) is 4.22. The van der Waals surface area contributed by atoms with Crippen LogP contribution in [0.1, 0.15) is 5.89 Å². The van der Waals surface area contributed by atoms with Gasteiger partial charge in [-0.3, -0.25) is 0 Å². The third-order valence-corrected chi connectivity index (χ3v) is 2.29. The lowest BCUT2D eigenvalue weighted by Crippen LogP contribution is -2.04. The van der Waals surface area contributed by atoms with Gasteiger partial charge in [0.25, 0.3) is 0 Å². The highest BCUT2D eigenvalue weighted by Gasteiger charge is 2.09. The summed E-state index contributed by atoms with van der Waals surface area (Å²) in [6.07, 6.45) is 0. The minimum atomic E-state index is 0.513. The highest BCUT2D eigenvalue weighted by molar-refractivity contribution is 6.38. The molecule has 5 heteroatoms. The zero-order chi connectivity index (χ0) is 10.1. The van der Waals surface area contributed by atoms with Crippen LogP contribution < -0.4 is 5.32 Å². The molecule has 0 aliphatic rings. The number of aromatic nitrogens is 1. The quantitative estimate of drug-likeness (QED) is 0.863. The van der Waals surface area contributed by atoms with Crippen LogP contribution in [0.3, 0.4) is 0 Å². The summed E-state index contributed by atoms with van der Waals surface area (Å²) in [5.41, 5.74) is 1.27.